The molecule has 2 aromatic rings. The van der Waals surface area contributed by atoms with Gasteiger partial charge in [0, 0.05) is 11.9 Å². The normalized spacial score (nSPS) is 10.5. The summed E-state index contributed by atoms with van der Waals surface area (Å²) >= 11 is 0. The van der Waals surface area contributed by atoms with E-state index in [4.69, 9.17) is 4.74 Å². The summed E-state index contributed by atoms with van der Waals surface area (Å²) < 4.78 is 5.19. The lowest BCUT2D eigenvalue weighted by Gasteiger charge is -2.06. The summed E-state index contributed by atoms with van der Waals surface area (Å²) in [4.78, 5) is 4.56. The van der Waals surface area contributed by atoms with Crippen molar-refractivity contribution in [2.75, 3.05) is 19.0 Å². The number of unbranched alkanes of at least 4 members (excludes halogenated alkanes) is 1. The van der Waals surface area contributed by atoms with E-state index in [1.54, 1.807) is 7.11 Å². The van der Waals surface area contributed by atoms with Crippen molar-refractivity contribution in [2.24, 2.45) is 0 Å². The number of aromatic nitrogens is 1. The smallest absolute Gasteiger partial charge is 0.126 e. The Morgan fingerprint density at radius 1 is 1.24 bits per heavy atom. The molecule has 0 radical (unpaired) electrons. The third-order valence-corrected chi connectivity index (χ3v) is 2.73. The molecule has 3 nitrogen and oxygen atoms in total. The SMILES string of the molecule is CCCCNc1ccc2cc(OC)ccc2n1. The van der Waals surface area contributed by atoms with Crippen LogP contribution in [-0.4, -0.2) is 18.6 Å². The van der Waals surface area contributed by atoms with Crippen LogP contribution in [0, 0.1) is 0 Å². The number of methoxy groups -OCH3 is 1. The molecular formula is C14H18N2O. The second-order valence-corrected chi connectivity index (χ2v) is 4.04. The molecule has 0 spiro atoms. The van der Waals surface area contributed by atoms with Crippen molar-refractivity contribution in [3.63, 3.8) is 0 Å². The molecule has 3 heteroatoms. The molecule has 0 saturated heterocycles. The molecule has 0 aliphatic carbocycles. The van der Waals surface area contributed by atoms with Crippen LogP contribution in [0.25, 0.3) is 10.9 Å². The van der Waals surface area contributed by atoms with Gasteiger partial charge in [-0.25, -0.2) is 4.98 Å². The zero-order chi connectivity index (χ0) is 12.1. The fourth-order valence-corrected chi connectivity index (χ4v) is 1.72. The van der Waals surface area contributed by atoms with E-state index in [1.165, 1.54) is 12.8 Å². The van der Waals surface area contributed by atoms with E-state index in [-0.39, 0.29) is 0 Å². The molecule has 0 unspecified atom stereocenters. The van der Waals surface area contributed by atoms with E-state index in [9.17, 15) is 0 Å². The molecule has 1 N–H and O–H groups in total. The molecule has 1 aromatic carbocycles. The second kappa shape index (κ2) is 5.53. The first-order valence-corrected chi connectivity index (χ1v) is 6.02. The molecule has 0 atom stereocenters. The van der Waals surface area contributed by atoms with Crippen LogP contribution in [0.3, 0.4) is 0 Å². The molecule has 1 aromatic heterocycles. The Hall–Kier alpha value is -1.77. The van der Waals surface area contributed by atoms with Gasteiger partial charge in [-0.05, 0) is 36.8 Å². The number of nitrogens with one attached hydrogen (secondary N) is 1. The van der Waals surface area contributed by atoms with E-state index in [2.05, 4.69) is 23.3 Å². The zero-order valence-electron chi connectivity index (χ0n) is 10.4. The molecule has 0 amide bonds. The highest BCUT2D eigenvalue weighted by Gasteiger charge is 1.99. The maximum Gasteiger partial charge on any atom is 0.126 e. The summed E-state index contributed by atoms with van der Waals surface area (Å²) in [5.41, 5.74) is 0.993. The summed E-state index contributed by atoms with van der Waals surface area (Å²) in [5.74, 6) is 1.81. The topological polar surface area (TPSA) is 34.1 Å². The van der Waals surface area contributed by atoms with Crippen LogP contribution < -0.4 is 10.1 Å². The minimum atomic E-state index is 0.867. The summed E-state index contributed by atoms with van der Waals surface area (Å²) in [6.07, 6.45) is 2.36. The highest BCUT2D eigenvalue weighted by Crippen LogP contribution is 2.20. The molecule has 0 saturated carbocycles. The van der Waals surface area contributed by atoms with Crippen molar-refractivity contribution in [1.29, 1.82) is 0 Å². The summed E-state index contributed by atoms with van der Waals surface area (Å²) in [7, 11) is 1.68. The van der Waals surface area contributed by atoms with Gasteiger partial charge in [-0.2, -0.15) is 0 Å². The number of ether oxygens (including phenoxy) is 1. The van der Waals surface area contributed by atoms with Gasteiger partial charge >= 0.3 is 0 Å². The average molecular weight is 230 g/mol. The van der Waals surface area contributed by atoms with Crippen LogP contribution in [0.5, 0.6) is 5.75 Å². The third kappa shape index (κ3) is 2.87. The lowest BCUT2D eigenvalue weighted by molar-refractivity contribution is 0.415. The predicted octanol–water partition coefficient (Wildman–Crippen LogP) is 3.46. The van der Waals surface area contributed by atoms with Crippen LogP contribution in [0.2, 0.25) is 0 Å². The Labute approximate surface area is 102 Å². The molecule has 0 fully saturated rings. The van der Waals surface area contributed by atoms with Gasteiger partial charge in [-0.1, -0.05) is 13.3 Å². The van der Waals surface area contributed by atoms with E-state index >= 15 is 0 Å². The fourth-order valence-electron chi connectivity index (χ4n) is 1.72. The number of benzene rings is 1. The van der Waals surface area contributed by atoms with Crippen LogP contribution in [-0.2, 0) is 0 Å². The Balaban J connectivity index is 2.19. The Morgan fingerprint density at radius 2 is 2.12 bits per heavy atom. The van der Waals surface area contributed by atoms with Crippen molar-refractivity contribution < 1.29 is 4.74 Å². The second-order valence-electron chi connectivity index (χ2n) is 4.04. The lowest BCUT2D eigenvalue weighted by Crippen LogP contribution is -2.02. The van der Waals surface area contributed by atoms with Gasteiger partial charge in [0.25, 0.3) is 0 Å². The molecule has 0 bridgehead atoms. The van der Waals surface area contributed by atoms with Crippen molar-refractivity contribution in [3.8, 4) is 5.75 Å². The van der Waals surface area contributed by atoms with Gasteiger partial charge in [-0.3, -0.25) is 0 Å². The van der Waals surface area contributed by atoms with E-state index < -0.39 is 0 Å². The Bertz CT molecular complexity index is 497. The number of hydrogen-bond donors (Lipinski definition) is 1. The first-order chi connectivity index (χ1) is 8.33. The molecule has 1 heterocycles. The van der Waals surface area contributed by atoms with Crippen molar-refractivity contribution in [1.82, 2.24) is 4.98 Å². The average Bonchev–Trinajstić information content (AvgIpc) is 2.38. The van der Waals surface area contributed by atoms with Gasteiger partial charge in [-0.15, -0.1) is 0 Å². The number of anilines is 1. The summed E-state index contributed by atoms with van der Waals surface area (Å²) in [6, 6.07) is 10.00. The highest BCUT2D eigenvalue weighted by molar-refractivity contribution is 5.81. The van der Waals surface area contributed by atoms with E-state index in [0.717, 1.165) is 29.0 Å². The maximum atomic E-state index is 5.19. The predicted molar refractivity (Wildman–Crippen MR) is 71.7 cm³/mol. The standard InChI is InChI=1S/C14H18N2O/c1-3-4-9-15-14-8-5-11-10-12(17-2)6-7-13(11)16-14/h5-8,10H,3-4,9H2,1-2H3,(H,15,16). The molecule has 0 aliphatic rings. The van der Waals surface area contributed by atoms with Gasteiger partial charge < -0.3 is 10.1 Å². The van der Waals surface area contributed by atoms with Crippen molar-refractivity contribution in [2.45, 2.75) is 19.8 Å². The minimum Gasteiger partial charge on any atom is -0.497 e. The Morgan fingerprint density at radius 3 is 2.88 bits per heavy atom. The number of pyridine rings is 1. The molecular weight excluding hydrogens is 212 g/mol. The number of hydrogen-bond acceptors (Lipinski definition) is 3. The van der Waals surface area contributed by atoms with Crippen LogP contribution in [0.15, 0.2) is 30.3 Å². The van der Waals surface area contributed by atoms with Crippen molar-refractivity contribution in [3.05, 3.63) is 30.3 Å². The van der Waals surface area contributed by atoms with Crippen LogP contribution in [0.4, 0.5) is 5.82 Å². The first-order valence-electron chi connectivity index (χ1n) is 6.02. The first kappa shape index (κ1) is 11.7. The fraction of sp³-hybridized carbons (Fsp3) is 0.357. The monoisotopic (exact) mass is 230 g/mol. The van der Waals surface area contributed by atoms with Crippen LogP contribution in [0.1, 0.15) is 19.8 Å². The van der Waals surface area contributed by atoms with Crippen LogP contribution >= 0.6 is 0 Å². The van der Waals surface area contributed by atoms with E-state index in [1.807, 2.05) is 24.3 Å². The van der Waals surface area contributed by atoms with Gasteiger partial charge in [0.15, 0.2) is 0 Å². The highest BCUT2D eigenvalue weighted by atomic mass is 16.5. The quantitative estimate of drug-likeness (QED) is 0.799. The Kier molecular flexibility index (Phi) is 3.81. The molecule has 0 aliphatic heterocycles. The van der Waals surface area contributed by atoms with Gasteiger partial charge in [0.05, 0.1) is 12.6 Å². The lowest BCUT2D eigenvalue weighted by atomic mass is 10.2. The number of fused-ring (bicyclic) bond motifs is 1. The summed E-state index contributed by atoms with van der Waals surface area (Å²) in [5, 5.41) is 4.43. The minimum absolute atomic E-state index is 0.867. The third-order valence-electron chi connectivity index (χ3n) is 2.73. The zero-order valence-corrected chi connectivity index (χ0v) is 10.4. The maximum absolute atomic E-state index is 5.19. The van der Waals surface area contributed by atoms with E-state index in [0.29, 0.717) is 0 Å². The number of rotatable bonds is 5. The van der Waals surface area contributed by atoms with Crippen molar-refractivity contribution >= 4 is 16.7 Å². The molecule has 17 heavy (non-hydrogen) atoms. The van der Waals surface area contributed by atoms with Gasteiger partial charge in [0.2, 0.25) is 0 Å². The molecule has 90 valence electrons. The number of nitrogens with zero attached hydrogens (tertiary/aromatic N) is 1. The molecule has 2 rings (SSSR count). The largest absolute Gasteiger partial charge is 0.497 e. The summed E-state index contributed by atoms with van der Waals surface area (Å²) in [6.45, 7) is 3.16. The van der Waals surface area contributed by atoms with Gasteiger partial charge in [0.1, 0.15) is 11.6 Å².